The van der Waals surface area contributed by atoms with Crippen LogP contribution in [0.4, 0.5) is 0 Å². The molecule has 0 saturated heterocycles. The highest BCUT2D eigenvalue weighted by Crippen LogP contribution is 2.11. The second kappa shape index (κ2) is 5.07. The molecular weight excluding hydrogens is 208 g/mol. The molecule has 1 aromatic rings. The van der Waals surface area contributed by atoms with E-state index in [1.807, 2.05) is 20.8 Å². The number of carbonyl (C=O) groups excluding carboxylic acids is 1. The summed E-state index contributed by atoms with van der Waals surface area (Å²) < 4.78 is 0. The first-order chi connectivity index (χ1) is 7.04. The lowest BCUT2D eigenvalue weighted by molar-refractivity contribution is 0.0773. The van der Waals surface area contributed by atoms with Gasteiger partial charge in [-0.25, -0.2) is 4.98 Å². The predicted molar refractivity (Wildman–Crippen MR) is 63.2 cm³/mol. The molecule has 0 N–H and O–H groups in total. The van der Waals surface area contributed by atoms with Gasteiger partial charge in [0.05, 0.1) is 5.01 Å². The molecule has 0 bridgehead atoms. The SMILES string of the molecule is C=C(C)CN(CC)C(=O)c1csc(C)n1. The van der Waals surface area contributed by atoms with Crippen molar-refractivity contribution in [3.05, 3.63) is 28.2 Å². The third kappa shape index (κ3) is 3.16. The second-order valence-corrected chi connectivity index (χ2v) is 4.59. The molecule has 0 aliphatic rings. The fourth-order valence-corrected chi connectivity index (χ4v) is 1.86. The Bertz CT molecular complexity index is 370. The van der Waals surface area contributed by atoms with Gasteiger partial charge in [-0.2, -0.15) is 0 Å². The topological polar surface area (TPSA) is 33.2 Å². The fraction of sp³-hybridized carbons (Fsp3) is 0.455. The van der Waals surface area contributed by atoms with Crippen LogP contribution in [0.2, 0.25) is 0 Å². The fourth-order valence-electron chi connectivity index (χ4n) is 1.28. The van der Waals surface area contributed by atoms with Crippen molar-refractivity contribution in [2.45, 2.75) is 20.8 Å². The molecule has 0 fully saturated rings. The van der Waals surface area contributed by atoms with Gasteiger partial charge in [-0.15, -0.1) is 11.3 Å². The van der Waals surface area contributed by atoms with Gasteiger partial charge in [0.15, 0.2) is 0 Å². The third-order valence-corrected chi connectivity index (χ3v) is 2.74. The zero-order chi connectivity index (χ0) is 11.4. The van der Waals surface area contributed by atoms with Crippen LogP contribution in [-0.2, 0) is 0 Å². The largest absolute Gasteiger partial charge is 0.334 e. The molecule has 4 heteroatoms. The predicted octanol–water partition coefficient (Wildman–Crippen LogP) is 2.49. The van der Waals surface area contributed by atoms with Crippen molar-refractivity contribution in [3.8, 4) is 0 Å². The van der Waals surface area contributed by atoms with E-state index in [-0.39, 0.29) is 5.91 Å². The van der Waals surface area contributed by atoms with Crippen molar-refractivity contribution in [2.75, 3.05) is 13.1 Å². The summed E-state index contributed by atoms with van der Waals surface area (Å²) in [5.74, 6) is -0.00940. The van der Waals surface area contributed by atoms with Gasteiger partial charge in [0, 0.05) is 18.5 Å². The summed E-state index contributed by atoms with van der Waals surface area (Å²) in [6, 6.07) is 0. The number of likely N-dealkylation sites (N-methyl/N-ethyl adjacent to an activating group) is 1. The van der Waals surface area contributed by atoms with Gasteiger partial charge in [0.1, 0.15) is 5.69 Å². The highest BCUT2D eigenvalue weighted by molar-refractivity contribution is 7.09. The molecule has 1 amide bonds. The normalized spacial score (nSPS) is 10.1. The highest BCUT2D eigenvalue weighted by Gasteiger charge is 2.16. The molecule has 0 aliphatic heterocycles. The molecule has 1 heterocycles. The number of aromatic nitrogens is 1. The molecule has 0 atom stereocenters. The van der Waals surface area contributed by atoms with E-state index in [1.54, 1.807) is 10.3 Å². The Kier molecular flexibility index (Phi) is 4.03. The van der Waals surface area contributed by atoms with Gasteiger partial charge in [-0.1, -0.05) is 12.2 Å². The van der Waals surface area contributed by atoms with Gasteiger partial charge in [0.25, 0.3) is 5.91 Å². The third-order valence-electron chi connectivity index (χ3n) is 1.97. The van der Waals surface area contributed by atoms with E-state index in [4.69, 9.17) is 0 Å². The monoisotopic (exact) mass is 224 g/mol. The lowest BCUT2D eigenvalue weighted by atomic mass is 10.3. The number of rotatable bonds is 4. The average molecular weight is 224 g/mol. The van der Waals surface area contributed by atoms with E-state index in [1.165, 1.54) is 11.3 Å². The maximum Gasteiger partial charge on any atom is 0.273 e. The van der Waals surface area contributed by atoms with E-state index < -0.39 is 0 Å². The molecule has 0 aromatic carbocycles. The number of hydrogen-bond acceptors (Lipinski definition) is 3. The lowest BCUT2D eigenvalue weighted by Gasteiger charge is -2.19. The number of thiazole rings is 1. The molecular formula is C11H16N2OS. The Hall–Kier alpha value is -1.16. The zero-order valence-corrected chi connectivity index (χ0v) is 10.2. The zero-order valence-electron chi connectivity index (χ0n) is 9.41. The van der Waals surface area contributed by atoms with Crippen molar-refractivity contribution < 1.29 is 4.79 Å². The van der Waals surface area contributed by atoms with E-state index in [9.17, 15) is 4.79 Å². The molecule has 0 unspecified atom stereocenters. The van der Waals surface area contributed by atoms with Gasteiger partial charge in [-0.05, 0) is 20.8 Å². The smallest absolute Gasteiger partial charge is 0.273 e. The van der Waals surface area contributed by atoms with Crippen LogP contribution < -0.4 is 0 Å². The molecule has 0 radical (unpaired) electrons. The van der Waals surface area contributed by atoms with Crippen LogP contribution >= 0.6 is 11.3 Å². The van der Waals surface area contributed by atoms with Gasteiger partial charge in [-0.3, -0.25) is 4.79 Å². The van der Waals surface area contributed by atoms with E-state index >= 15 is 0 Å². The highest BCUT2D eigenvalue weighted by atomic mass is 32.1. The molecule has 15 heavy (non-hydrogen) atoms. The Morgan fingerprint density at radius 1 is 1.67 bits per heavy atom. The summed E-state index contributed by atoms with van der Waals surface area (Å²) in [5.41, 5.74) is 1.53. The quantitative estimate of drug-likeness (QED) is 0.736. The minimum Gasteiger partial charge on any atom is -0.334 e. The molecule has 3 nitrogen and oxygen atoms in total. The number of nitrogens with zero attached hydrogens (tertiary/aromatic N) is 2. The summed E-state index contributed by atoms with van der Waals surface area (Å²) in [7, 11) is 0. The van der Waals surface area contributed by atoms with Crippen LogP contribution in [0.5, 0.6) is 0 Å². The van der Waals surface area contributed by atoms with Gasteiger partial charge in [0.2, 0.25) is 0 Å². The molecule has 0 saturated carbocycles. The Morgan fingerprint density at radius 3 is 2.73 bits per heavy atom. The summed E-state index contributed by atoms with van der Waals surface area (Å²) in [6.07, 6.45) is 0. The lowest BCUT2D eigenvalue weighted by Crippen LogP contribution is -2.32. The van der Waals surface area contributed by atoms with Crippen molar-refractivity contribution in [1.82, 2.24) is 9.88 Å². The summed E-state index contributed by atoms with van der Waals surface area (Å²) in [4.78, 5) is 17.9. The standard InChI is InChI=1S/C11H16N2OS/c1-5-13(6-8(2)3)11(14)10-7-15-9(4)12-10/h7H,2,5-6H2,1,3-4H3. The van der Waals surface area contributed by atoms with Crippen LogP contribution in [-0.4, -0.2) is 28.9 Å². The Labute approximate surface area is 94.4 Å². The summed E-state index contributed by atoms with van der Waals surface area (Å²) in [5, 5.41) is 2.73. The molecule has 1 rings (SSSR count). The maximum atomic E-state index is 12.0. The summed E-state index contributed by atoms with van der Waals surface area (Å²) >= 11 is 1.50. The van der Waals surface area contributed by atoms with Crippen LogP contribution in [0.25, 0.3) is 0 Å². The van der Waals surface area contributed by atoms with Gasteiger partial charge < -0.3 is 4.90 Å². The van der Waals surface area contributed by atoms with Gasteiger partial charge >= 0.3 is 0 Å². The van der Waals surface area contributed by atoms with Crippen LogP contribution in [0, 0.1) is 6.92 Å². The second-order valence-electron chi connectivity index (χ2n) is 3.53. The van der Waals surface area contributed by atoms with Crippen LogP contribution in [0.1, 0.15) is 29.3 Å². The maximum absolute atomic E-state index is 12.0. The Balaban J connectivity index is 2.77. The number of carbonyl (C=O) groups is 1. The van der Waals surface area contributed by atoms with Crippen LogP contribution in [0.15, 0.2) is 17.5 Å². The minimum absolute atomic E-state index is 0.00940. The average Bonchev–Trinajstić information content (AvgIpc) is 2.60. The number of aryl methyl sites for hydroxylation is 1. The molecule has 0 aliphatic carbocycles. The molecule has 0 spiro atoms. The minimum atomic E-state index is -0.00940. The van der Waals surface area contributed by atoms with Crippen molar-refractivity contribution in [2.24, 2.45) is 0 Å². The molecule has 82 valence electrons. The Morgan fingerprint density at radius 2 is 2.33 bits per heavy atom. The first kappa shape index (κ1) is 11.9. The van der Waals surface area contributed by atoms with E-state index in [0.29, 0.717) is 18.8 Å². The first-order valence-electron chi connectivity index (χ1n) is 4.90. The van der Waals surface area contributed by atoms with Crippen molar-refractivity contribution in [1.29, 1.82) is 0 Å². The van der Waals surface area contributed by atoms with E-state index in [2.05, 4.69) is 11.6 Å². The van der Waals surface area contributed by atoms with Crippen LogP contribution in [0.3, 0.4) is 0 Å². The number of hydrogen-bond donors (Lipinski definition) is 0. The van der Waals surface area contributed by atoms with Crippen molar-refractivity contribution in [3.63, 3.8) is 0 Å². The van der Waals surface area contributed by atoms with Crippen molar-refractivity contribution >= 4 is 17.2 Å². The molecule has 1 aromatic heterocycles. The number of amides is 1. The first-order valence-corrected chi connectivity index (χ1v) is 5.78. The summed E-state index contributed by atoms with van der Waals surface area (Å²) in [6.45, 7) is 10.9. The van der Waals surface area contributed by atoms with E-state index in [0.717, 1.165) is 10.6 Å².